The smallest absolute Gasteiger partial charge is 0.150 e. The summed E-state index contributed by atoms with van der Waals surface area (Å²) in [5.41, 5.74) is 0. The van der Waals surface area contributed by atoms with E-state index in [2.05, 4.69) is 20.0 Å². The minimum absolute atomic E-state index is 1.30. The van der Waals surface area contributed by atoms with Crippen LogP contribution < -0.4 is 0 Å². The first-order valence-electron chi connectivity index (χ1n) is 14.2. The minimum Gasteiger partial charge on any atom is -0.168 e. The Labute approximate surface area is 198 Å². The minimum atomic E-state index is -1.30. The van der Waals surface area contributed by atoms with Gasteiger partial charge in [0.05, 0.1) is 0 Å². The second-order valence-corrected chi connectivity index (χ2v) is 17.6. The van der Waals surface area contributed by atoms with Crippen molar-refractivity contribution in [3.8, 4) is 0 Å². The summed E-state index contributed by atoms with van der Waals surface area (Å²) in [5.74, 6) is 0. The molecule has 2 heteroatoms. The van der Waals surface area contributed by atoms with E-state index in [0.29, 0.717) is 0 Å². The number of hydrogen-bond acceptors (Lipinski definition) is 0. The molecule has 0 amide bonds. The molecule has 0 bridgehead atoms. The molecule has 0 fully saturated rings. The molecule has 0 heterocycles. The fourth-order valence-corrected chi connectivity index (χ4v) is 6.00. The number of rotatable bonds is 25. The zero-order chi connectivity index (χ0) is 22.2. The maximum atomic E-state index is 6.37. The van der Waals surface area contributed by atoms with Gasteiger partial charge in [-0.1, -0.05) is 174 Å². The summed E-state index contributed by atoms with van der Waals surface area (Å²) < 4.78 is 0. The molecule has 0 saturated heterocycles. The van der Waals surface area contributed by atoms with Crippen molar-refractivity contribution >= 4 is 18.5 Å². The van der Waals surface area contributed by atoms with Crippen LogP contribution in [0, 0.1) is 0 Å². The Hall–Kier alpha value is 0.507. The van der Waals surface area contributed by atoms with E-state index in [0.717, 1.165) is 0 Å². The largest absolute Gasteiger partial charge is 0.168 e. The molecular formula is C28H59ClSi. The lowest BCUT2D eigenvalue weighted by atomic mass is 10.0. The molecule has 0 aromatic carbocycles. The Morgan fingerprint density at radius 2 is 0.567 bits per heavy atom. The van der Waals surface area contributed by atoms with Gasteiger partial charge in [-0.3, -0.25) is 0 Å². The highest BCUT2D eigenvalue weighted by molar-refractivity contribution is 7.19. The molecular weight excluding hydrogens is 400 g/mol. The van der Waals surface area contributed by atoms with Crippen LogP contribution in [0.5, 0.6) is 0 Å². The molecule has 30 heavy (non-hydrogen) atoms. The highest BCUT2D eigenvalue weighted by Gasteiger charge is 2.15. The van der Waals surface area contributed by atoms with Crippen LogP contribution in [0.25, 0.3) is 0 Å². The van der Waals surface area contributed by atoms with Gasteiger partial charge in [-0.15, -0.1) is 0 Å². The molecule has 0 radical (unpaired) electrons. The van der Waals surface area contributed by atoms with Crippen LogP contribution in [-0.4, -0.2) is 7.38 Å². The molecule has 0 aromatic heterocycles. The van der Waals surface area contributed by atoms with Crippen molar-refractivity contribution in [2.24, 2.45) is 0 Å². The summed E-state index contributed by atoms with van der Waals surface area (Å²) in [6.45, 7) is 6.84. The lowest BCUT2D eigenvalue weighted by molar-refractivity contribution is 0.517. The van der Waals surface area contributed by atoms with Crippen molar-refractivity contribution in [3.63, 3.8) is 0 Å². The van der Waals surface area contributed by atoms with Crippen LogP contribution in [-0.2, 0) is 0 Å². The fraction of sp³-hybridized carbons (Fsp3) is 1.00. The zero-order valence-electron chi connectivity index (χ0n) is 21.6. The Morgan fingerprint density at radius 1 is 0.367 bits per heavy atom. The van der Waals surface area contributed by atoms with Crippen LogP contribution in [0.2, 0.25) is 19.1 Å². The van der Waals surface area contributed by atoms with Gasteiger partial charge < -0.3 is 0 Å². The standard InChI is InChI=1S/C28H59ClSi/c1-4-5-6-7-8-9-10-11-12-13-14-15-16-17-18-19-20-21-22-23-24-25-26-27-28-30(2,3)29/h4-28H2,1-3H3. The van der Waals surface area contributed by atoms with E-state index in [9.17, 15) is 0 Å². The molecule has 0 aliphatic heterocycles. The second-order valence-electron chi connectivity index (χ2n) is 10.6. The first kappa shape index (κ1) is 30.5. The van der Waals surface area contributed by atoms with E-state index in [4.69, 9.17) is 11.1 Å². The van der Waals surface area contributed by atoms with E-state index in [1.807, 2.05) is 0 Å². The number of unbranched alkanes of at least 4 members (excludes halogenated alkanes) is 23. The van der Waals surface area contributed by atoms with E-state index in [-0.39, 0.29) is 0 Å². The maximum Gasteiger partial charge on any atom is 0.150 e. The van der Waals surface area contributed by atoms with Crippen molar-refractivity contribution in [3.05, 3.63) is 0 Å². The summed E-state index contributed by atoms with van der Waals surface area (Å²) in [6, 6.07) is 1.30. The van der Waals surface area contributed by atoms with Gasteiger partial charge in [0.25, 0.3) is 0 Å². The third-order valence-electron chi connectivity index (χ3n) is 6.62. The molecule has 0 saturated carbocycles. The predicted octanol–water partition coefficient (Wildman–Crippen LogP) is 11.8. The lowest BCUT2D eigenvalue weighted by Gasteiger charge is -2.11. The summed E-state index contributed by atoms with van der Waals surface area (Å²) in [6.07, 6.45) is 35.1. The Kier molecular flexibility index (Phi) is 24.6. The number of halogens is 1. The Morgan fingerprint density at radius 3 is 0.767 bits per heavy atom. The highest BCUT2D eigenvalue weighted by atomic mass is 35.6. The van der Waals surface area contributed by atoms with Crippen LogP contribution in [0.3, 0.4) is 0 Å². The predicted molar refractivity (Wildman–Crippen MR) is 145 cm³/mol. The van der Waals surface area contributed by atoms with E-state index in [1.54, 1.807) is 0 Å². The zero-order valence-corrected chi connectivity index (χ0v) is 23.3. The molecule has 182 valence electrons. The van der Waals surface area contributed by atoms with Gasteiger partial charge in [0.15, 0.2) is 0 Å². The van der Waals surface area contributed by atoms with Crippen LogP contribution in [0.4, 0.5) is 0 Å². The monoisotopic (exact) mass is 458 g/mol. The first-order chi connectivity index (χ1) is 14.6. The van der Waals surface area contributed by atoms with E-state index >= 15 is 0 Å². The molecule has 0 rings (SSSR count). The summed E-state index contributed by atoms with van der Waals surface area (Å²) >= 11 is 6.37. The van der Waals surface area contributed by atoms with E-state index in [1.165, 1.54) is 160 Å². The molecule has 0 unspecified atom stereocenters. The average Bonchev–Trinajstić information content (AvgIpc) is 2.70. The molecule has 0 N–H and O–H groups in total. The highest BCUT2D eigenvalue weighted by Crippen LogP contribution is 2.20. The number of hydrogen-bond donors (Lipinski definition) is 0. The van der Waals surface area contributed by atoms with Crippen molar-refractivity contribution in [1.82, 2.24) is 0 Å². The van der Waals surface area contributed by atoms with Crippen molar-refractivity contribution in [2.45, 2.75) is 180 Å². The third-order valence-corrected chi connectivity index (χ3v) is 8.73. The van der Waals surface area contributed by atoms with Gasteiger partial charge in [-0.25, -0.2) is 0 Å². The normalized spacial score (nSPS) is 12.0. The third kappa shape index (κ3) is 28.5. The topological polar surface area (TPSA) is 0 Å². The van der Waals surface area contributed by atoms with Crippen LogP contribution in [0.15, 0.2) is 0 Å². The fourth-order valence-electron chi connectivity index (χ4n) is 4.51. The van der Waals surface area contributed by atoms with Crippen molar-refractivity contribution in [1.29, 1.82) is 0 Å². The van der Waals surface area contributed by atoms with Gasteiger partial charge in [0.1, 0.15) is 7.38 Å². The van der Waals surface area contributed by atoms with Crippen LogP contribution in [0.1, 0.15) is 161 Å². The van der Waals surface area contributed by atoms with Crippen molar-refractivity contribution in [2.75, 3.05) is 0 Å². The van der Waals surface area contributed by atoms with Crippen LogP contribution >= 0.6 is 11.1 Å². The summed E-state index contributed by atoms with van der Waals surface area (Å²) in [7, 11) is -1.30. The molecule has 0 aromatic rings. The Bertz CT molecular complexity index is 310. The van der Waals surface area contributed by atoms with Gasteiger partial charge in [-0.2, -0.15) is 11.1 Å². The molecule has 0 atom stereocenters. The summed E-state index contributed by atoms with van der Waals surface area (Å²) in [5, 5.41) is 0. The lowest BCUT2D eigenvalue weighted by Crippen LogP contribution is -2.14. The van der Waals surface area contributed by atoms with Gasteiger partial charge in [0.2, 0.25) is 0 Å². The maximum absolute atomic E-state index is 6.37. The Balaban J connectivity index is 3.02. The molecule has 0 aliphatic rings. The molecule has 0 nitrogen and oxygen atoms in total. The van der Waals surface area contributed by atoms with E-state index < -0.39 is 7.38 Å². The van der Waals surface area contributed by atoms with Gasteiger partial charge in [0, 0.05) is 0 Å². The van der Waals surface area contributed by atoms with Gasteiger partial charge in [-0.05, 0) is 6.04 Å². The molecule has 0 spiro atoms. The summed E-state index contributed by atoms with van der Waals surface area (Å²) in [4.78, 5) is 0. The average molecular weight is 459 g/mol. The second kappa shape index (κ2) is 24.2. The van der Waals surface area contributed by atoms with Crippen molar-refractivity contribution < 1.29 is 0 Å². The SMILES string of the molecule is CCCCCCCCCCCCCCCCCCCCCCCCCC[Si](C)(C)Cl. The molecule has 0 aliphatic carbocycles. The first-order valence-corrected chi connectivity index (χ1v) is 18.5. The van der Waals surface area contributed by atoms with Gasteiger partial charge >= 0.3 is 0 Å². The quantitative estimate of drug-likeness (QED) is 0.0724.